The number of nitrogens with one attached hydrogen (secondary N) is 2. The van der Waals surface area contributed by atoms with Crippen LogP contribution in [0.15, 0.2) is 42.5 Å². The standard InChI is InChI=1S/C18H18Cl2N2O2/c1-21-18(24)14-6-2-4-12(10-14)11-22-16(23)9-8-13-5-3-7-15(19)17(13)20/h2-7,10H,8-9,11H2,1H3,(H,21,24)(H,22,23). The lowest BCUT2D eigenvalue weighted by atomic mass is 10.1. The molecule has 2 rings (SSSR count). The van der Waals surface area contributed by atoms with Crippen LogP contribution >= 0.6 is 23.2 Å². The van der Waals surface area contributed by atoms with Crippen LogP contribution in [-0.2, 0) is 17.8 Å². The fraction of sp³-hybridized carbons (Fsp3) is 0.222. The molecule has 0 aliphatic rings. The number of aryl methyl sites for hydroxylation is 1. The Kier molecular flexibility index (Phi) is 6.64. The van der Waals surface area contributed by atoms with Gasteiger partial charge in [0.2, 0.25) is 5.91 Å². The van der Waals surface area contributed by atoms with Gasteiger partial charge >= 0.3 is 0 Å². The molecule has 0 aliphatic carbocycles. The molecule has 0 radical (unpaired) electrons. The van der Waals surface area contributed by atoms with Crippen molar-refractivity contribution < 1.29 is 9.59 Å². The minimum atomic E-state index is -0.154. The zero-order valence-electron chi connectivity index (χ0n) is 13.2. The van der Waals surface area contributed by atoms with Gasteiger partial charge in [0.25, 0.3) is 5.91 Å². The number of hydrogen-bond donors (Lipinski definition) is 2. The SMILES string of the molecule is CNC(=O)c1cccc(CNC(=O)CCc2cccc(Cl)c2Cl)c1. The van der Waals surface area contributed by atoms with Gasteiger partial charge in [0.05, 0.1) is 10.0 Å². The van der Waals surface area contributed by atoms with E-state index in [4.69, 9.17) is 23.2 Å². The highest BCUT2D eigenvalue weighted by atomic mass is 35.5. The second kappa shape index (κ2) is 8.71. The van der Waals surface area contributed by atoms with Gasteiger partial charge in [-0.05, 0) is 35.7 Å². The number of halogens is 2. The average molecular weight is 365 g/mol. The van der Waals surface area contributed by atoms with E-state index in [1.807, 2.05) is 18.2 Å². The molecule has 6 heteroatoms. The lowest BCUT2D eigenvalue weighted by Gasteiger charge is -2.08. The third-order valence-corrected chi connectivity index (χ3v) is 4.42. The molecule has 0 heterocycles. The summed E-state index contributed by atoms with van der Waals surface area (Å²) in [6.45, 7) is 0.368. The largest absolute Gasteiger partial charge is 0.355 e. The molecule has 0 spiro atoms. The summed E-state index contributed by atoms with van der Waals surface area (Å²) in [7, 11) is 1.58. The molecule has 2 aromatic rings. The number of carbonyl (C=O) groups excluding carboxylic acids is 2. The molecule has 0 atom stereocenters. The Morgan fingerprint density at radius 2 is 1.83 bits per heavy atom. The van der Waals surface area contributed by atoms with Gasteiger partial charge in [-0.25, -0.2) is 0 Å². The van der Waals surface area contributed by atoms with Crippen molar-refractivity contribution in [2.45, 2.75) is 19.4 Å². The predicted molar refractivity (Wildman–Crippen MR) is 96.5 cm³/mol. The molecule has 0 aliphatic heterocycles. The maximum Gasteiger partial charge on any atom is 0.251 e. The Labute approximate surface area is 151 Å². The Bertz CT molecular complexity index is 748. The maximum atomic E-state index is 12.0. The Morgan fingerprint density at radius 1 is 1.08 bits per heavy atom. The summed E-state index contributed by atoms with van der Waals surface area (Å²) in [6, 6.07) is 12.5. The highest BCUT2D eigenvalue weighted by Crippen LogP contribution is 2.26. The van der Waals surface area contributed by atoms with Crippen LogP contribution in [0.2, 0.25) is 10.0 Å². The highest BCUT2D eigenvalue weighted by Gasteiger charge is 2.08. The number of hydrogen-bond acceptors (Lipinski definition) is 2. The van der Waals surface area contributed by atoms with Crippen molar-refractivity contribution >= 4 is 35.0 Å². The van der Waals surface area contributed by atoms with Gasteiger partial charge < -0.3 is 10.6 Å². The van der Waals surface area contributed by atoms with Crippen LogP contribution < -0.4 is 10.6 Å². The molecule has 24 heavy (non-hydrogen) atoms. The first-order valence-corrected chi connectivity index (χ1v) is 8.27. The molecule has 2 aromatic carbocycles. The summed E-state index contributed by atoms with van der Waals surface area (Å²) in [5, 5.41) is 6.39. The van der Waals surface area contributed by atoms with E-state index in [0.29, 0.717) is 35.0 Å². The van der Waals surface area contributed by atoms with Gasteiger partial charge in [0.15, 0.2) is 0 Å². The monoisotopic (exact) mass is 364 g/mol. The maximum absolute atomic E-state index is 12.0. The first-order valence-electron chi connectivity index (χ1n) is 7.52. The Balaban J connectivity index is 1.87. The third-order valence-electron chi connectivity index (χ3n) is 3.56. The van der Waals surface area contributed by atoms with Gasteiger partial charge in [-0.2, -0.15) is 0 Å². The van der Waals surface area contributed by atoms with Crippen LogP contribution in [0.1, 0.15) is 27.9 Å². The molecule has 2 amide bonds. The fourth-order valence-corrected chi connectivity index (χ4v) is 2.66. The second-order valence-corrected chi connectivity index (χ2v) is 6.05. The van der Waals surface area contributed by atoms with E-state index in [1.165, 1.54) is 0 Å². The van der Waals surface area contributed by atoms with E-state index in [2.05, 4.69) is 10.6 Å². The van der Waals surface area contributed by atoms with Gasteiger partial charge in [-0.3, -0.25) is 9.59 Å². The summed E-state index contributed by atoms with van der Waals surface area (Å²) in [4.78, 5) is 23.6. The molecule has 0 unspecified atom stereocenters. The van der Waals surface area contributed by atoms with Crippen LogP contribution in [0.5, 0.6) is 0 Å². The quantitative estimate of drug-likeness (QED) is 0.822. The van der Waals surface area contributed by atoms with Crippen LogP contribution in [0.3, 0.4) is 0 Å². The predicted octanol–water partition coefficient (Wildman–Crippen LogP) is 3.60. The van der Waals surface area contributed by atoms with Gasteiger partial charge in [-0.15, -0.1) is 0 Å². The van der Waals surface area contributed by atoms with Crippen LogP contribution in [0.4, 0.5) is 0 Å². The number of rotatable bonds is 6. The van der Waals surface area contributed by atoms with Crippen molar-refractivity contribution in [2.75, 3.05) is 7.05 Å². The van der Waals surface area contributed by atoms with Crippen LogP contribution in [0, 0.1) is 0 Å². The summed E-state index contributed by atoms with van der Waals surface area (Å²) in [5.41, 5.74) is 2.28. The lowest BCUT2D eigenvalue weighted by Crippen LogP contribution is -2.23. The zero-order valence-corrected chi connectivity index (χ0v) is 14.7. The first kappa shape index (κ1) is 18.3. The van der Waals surface area contributed by atoms with Crippen LogP contribution in [-0.4, -0.2) is 18.9 Å². The van der Waals surface area contributed by atoms with E-state index in [9.17, 15) is 9.59 Å². The van der Waals surface area contributed by atoms with E-state index >= 15 is 0 Å². The van der Waals surface area contributed by atoms with Crippen molar-refractivity contribution in [3.05, 3.63) is 69.2 Å². The molecule has 0 fully saturated rings. The van der Waals surface area contributed by atoms with Gasteiger partial charge in [0.1, 0.15) is 0 Å². The van der Waals surface area contributed by atoms with Crippen molar-refractivity contribution in [2.24, 2.45) is 0 Å². The normalized spacial score (nSPS) is 10.3. The fourth-order valence-electron chi connectivity index (χ4n) is 2.25. The number of amides is 2. The van der Waals surface area contributed by atoms with E-state index < -0.39 is 0 Å². The molecule has 2 N–H and O–H groups in total. The molecular formula is C18H18Cl2N2O2. The zero-order chi connectivity index (χ0) is 17.5. The van der Waals surface area contributed by atoms with Gasteiger partial charge in [-0.1, -0.05) is 47.5 Å². The topological polar surface area (TPSA) is 58.2 Å². The third kappa shape index (κ3) is 4.98. The Hall–Kier alpha value is -2.04. The molecule has 0 saturated heterocycles. The summed E-state index contributed by atoms with van der Waals surface area (Å²) >= 11 is 12.1. The van der Waals surface area contributed by atoms with Crippen molar-refractivity contribution in [1.82, 2.24) is 10.6 Å². The van der Waals surface area contributed by atoms with E-state index in [0.717, 1.165) is 11.1 Å². The summed E-state index contributed by atoms with van der Waals surface area (Å²) < 4.78 is 0. The Morgan fingerprint density at radius 3 is 2.58 bits per heavy atom. The molecule has 0 saturated carbocycles. The molecule has 0 bridgehead atoms. The van der Waals surface area contributed by atoms with E-state index in [-0.39, 0.29) is 11.8 Å². The summed E-state index contributed by atoms with van der Waals surface area (Å²) in [6.07, 6.45) is 0.832. The lowest BCUT2D eigenvalue weighted by molar-refractivity contribution is -0.121. The number of carbonyl (C=O) groups is 2. The first-order chi connectivity index (χ1) is 11.5. The van der Waals surface area contributed by atoms with Crippen molar-refractivity contribution in [3.8, 4) is 0 Å². The van der Waals surface area contributed by atoms with Crippen molar-refractivity contribution in [1.29, 1.82) is 0 Å². The molecular weight excluding hydrogens is 347 g/mol. The minimum absolute atomic E-state index is 0.0867. The minimum Gasteiger partial charge on any atom is -0.355 e. The van der Waals surface area contributed by atoms with E-state index in [1.54, 1.807) is 31.3 Å². The highest BCUT2D eigenvalue weighted by molar-refractivity contribution is 6.42. The number of benzene rings is 2. The van der Waals surface area contributed by atoms with Gasteiger partial charge in [0, 0.05) is 25.6 Å². The molecule has 0 aromatic heterocycles. The second-order valence-electron chi connectivity index (χ2n) is 5.27. The average Bonchev–Trinajstić information content (AvgIpc) is 2.60. The van der Waals surface area contributed by atoms with Crippen LogP contribution in [0.25, 0.3) is 0 Å². The smallest absolute Gasteiger partial charge is 0.251 e. The molecule has 126 valence electrons. The summed E-state index contributed by atoms with van der Waals surface area (Å²) in [5.74, 6) is -0.241. The molecule has 4 nitrogen and oxygen atoms in total. The van der Waals surface area contributed by atoms with Crippen molar-refractivity contribution in [3.63, 3.8) is 0 Å².